The standard InChI is InChI=1S/C12H12FIO2/c13-10-4-2-1-3-9(10)7-12(8-14)6-5-11(15)16-12/h1-4H,5-8H2/t12-/m1/s1. The molecule has 0 unspecified atom stereocenters. The molecule has 1 aromatic carbocycles. The van der Waals surface area contributed by atoms with E-state index in [1.54, 1.807) is 18.2 Å². The summed E-state index contributed by atoms with van der Waals surface area (Å²) in [5.41, 5.74) is 0.119. The van der Waals surface area contributed by atoms with Gasteiger partial charge < -0.3 is 4.74 Å². The molecule has 0 bridgehead atoms. The topological polar surface area (TPSA) is 26.3 Å². The molecule has 4 heteroatoms. The fourth-order valence-electron chi connectivity index (χ4n) is 1.93. The predicted octanol–water partition coefficient (Wildman–Crippen LogP) is 2.88. The summed E-state index contributed by atoms with van der Waals surface area (Å²) in [6.45, 7) is 0. The van der Waals surface area contributed by atoms with Gasteiger partial charge in [-0.3, -0.25) is 4.79 Å². The van der Waals surface area contributed by atoms with Crippen molar-refractivity contribution in [1.29, 1.82) is 0 Å². The molecular formula is C12H12FIO2. The number of hydrogen-bond donors (Lipinski definition) is 0. The maximum Gasteiger partial charge on any atom is 0.306 e. The molecule has 1 aliphatic rings. The molecule has 1 atom stereocenters. The molecule has 0 N–H and O–H groups in total. The molecule has 0 aromatic heterocycles. The number of ether oxygens (including phenoxy) is 1. The van der Waals surface area contributed by atoms with Gasteiger partial charge in [-0.25, -0.2) is 4.39 Å². The Labute approximate surface area is 107 Å². The summed E-state index contributed by atoms with van der Waals surface area (Å²) < 4.78 is 19.5. The maximum absolute atomic E-state index is 13.5. The van der Waals surface area contributed by atoms with E-state index in [1.165, 1.54) is 6.07 Å². The number of esters is 1. The summed E-state index contributed by atoms with van der Waals surface area (Å²) in [5, 5.41) is 0. The second-order valence-corrected chi connectivity index (χ2v) is 4.82. The maximum atomic E-state index is 13.5. The molecule has 0 amide bonds. The first-order valence-electron chi connectivity index (χ1n) is 5.16. The van der Waals surface area contributed by atoms with Crippen LogP contribution in [0.3, 0.4) is 0 Å². The molecular weight excluding hydrogens is 322 g/mol. The second kappa shape index (κ2) is 4.69. The highest BCUT2D eigenvalue weighted by Crippen LogP contribution is 2.32. The number of hydrogen-bond acceptors (Lipinski definition) is 2. The van der Waals surface area contributed by atoms with Gasteiger partial charge in [-0.1, -0.05) is 40.8 Å². The first-order valence-corrected chi connectivity index (χ1v) is 6.69. The molecule has 1 heterocycles. The number of carbonyl (C=O) groups excluding carboxylic acids is 1. The minimum Gasteiger partial charge on any atom is -0.458 e. The van der Waals surface area contributed by atoms with Crippen LogP contribution in [0.25, 0.3) is 0 Å². The van der Waals surface area contributed by atoms with E-state index < -0.39 is 5.60 Å². The zero-order valence-electron chi connectivity index (χ0n) is 8.71. The van der Waals surface area contributed by atoms with Gasteiger partial charge in [0.1, 0.15) is 11.4 Å². The molecule has 1 saturated heterocycles. The van der Waals surface area contributed by atoms with Crippen LogP contribution in [0.1, 0.15) is 18.4 Å². The monoisotopic (exact) mass is 334 g/mol. The average molecular weight is 334 g/mol. The number of alkyl halides is 1. The van der Waals surface area contributed by atoms with Crippen molar-refractivity contribution in [1.82, 2.24) is 0 Å². The largest absolute Gasteiger partial charge is 0.458 e. The Hall–Kier alpha value is -0.650. The highest BCUT2D eigenvalue weighted by molar-refractivity contribution is 14.1. The molecule has 2 rings (SSSR count). The molecule has 1 aromatic rings. The summed E-state index contributed by atoms with van der Waals surface area (Å²) in [5.74, 6) is -0.400. The van der Waals surface area contributed by atoms with E-state index in [9.17, 15) is 9.18 Å². The smallest absolute Gasteiger partial charge is 0.306 e. The van der Waals surface area contributed by atoms with Gasteiger partial charge in [0.2, 0.25) is 0 Å². The summed E-state index contributed by atoms with van der Waals surface area (Å²) in [7, 11) is 0. The van der Waals surface area contributed by atoms with Crippen molar-refractivity contribution < 1.29 is 13.9 Å². The van der Waals surface area contributed by atoms with Crippen LogP contribution in [0, 0.1) is 5.82 Å². The van der Waals surface area contributed by atoms with Crippen LogP contribution in [0.5, 0.6) is 0 Å². The minimum atomic E-state index is -0.500. The van der Waals surface area contributed by atoms with E-state index in [-0.39, 0.29) is 11.8 Å². The Bertz CT molecular complexity index is 408. The van der Waals surface area contributed by atoms with Crippen molar-refractivity contribution in [3.8, 4) is 0 Å². The molecule has 86 valence electrons. The number of benzene rings is 1. The van der Waals surface area contributed by atoms with Crippen LogP contribution in [-0.4, -0.2) is 16.0 Å². The quantitative estimate of drug-likeness (QED) is 0.483. The molecule has 0 saturated carbocycles. The lowest BCUT2D eigenvalue weighted by Crippen LogP contribution is -2.33. The van der Waals surface area contributed by atoms with E-state index >= 15 is 0 Å². The van der Waals surface area contributed by atoms with Crippen LogP contribution >= 0.6 is 22.6 Å². The number of rotatable bonds is 3. The zero-order valence-corrected chi connectivity index (χ0v) is 10.9. The molecule has 16 heavy (non-hydrogen) atoms. The van der Waals surface area contributed by atoms with Crippen molar-refractivity contribution in [2.24, 2.45) is 0 Å². The van der Waals surface area contributed by atoms with E-state index in [2.05, 4.69) is 22.6 Å². The van der Waals surface area contributed by atoms with Gasteiger partial charge in [-0.15, -0.1) is 0 Å². The number of cyclic esters (lactones) is 1. The Kier molecular flexibility index (Phi) is 3.47. The third-order valence-electron chi connectivity index (χ3n) is 2.83. The molecule has 1 aliphatic heterocycles. The van der Waals surface area contributed by atoms with Gasteiger partial charge in [0.15, 0.2) is 0 Å². The van der Waals surface area contributed by atoms with Crippen LogP contribution in [-0.2, 0) is 16.0 Å². The Morgan fingerprint density at radius 2 is 2.19 bits per heavy atom. The first-order chi connectivity index (χ1) is 7.65. The Balaban J connectivity index is 2.19. The van der Waals surface area contributed by atoms with E-state index in [4.69, 9.17) is 4.74 Å². The fourth-order valence-corrected chi connectivity index (χ4v) is 2.73. The van der Waals surface area contributed by atoms with Gasteiger partial charge >= 0.3 is 5.97 Å². The normalized spacial score (nSPS) is 24.5. The van der Waals surface area contributed by atoms with Crippen molar-refractivity contribution in [2.45, 2.75) is 24.9 Å². The fraction of sp³-hybridized carbons (Fsp3) is 0.417. The highest BCUT2D eigenvalue weighted by atomic mass is 127. The number of halogens is 2. The lowest BCUT2D eigenvalue weighted by Gasteiger charge is -2.25. The Morgan fingerprint density at radius 1 is 1.44 bits per heavy atom. The molecule has 0 spiro atoms. The van der Waals surface area contributed by atoms with E-state index in [0.29, 0.717) is 29.3 Å². The molecule has 0 aliphatic carbocycles. The first kappa shape index (κ1) is 11.8. The highest BCUT2D eigenvalue weighted by Gasteiger charge is 2.39. The zero-order chi connectivity index (χ0) is 11.6. The molecule has 1 fully saturated rings. The van der Waals surface area contributed by atoms with Gasteiger partial charge in [-0.05, 0) is 18.1 Å². The summed E-state index contributed by atoms with van der Waals surface area (Å²) in [4.78, 5) is 11.2. The third kappa shape index (κ3) is 2.36. The van der Waals surface area contributed by atoms with Crippen LogP contribution < -0.4 is 0 Å². The predicted molar refractivity (Wildman–Crippen MR) is 67.0 cm³/mol. The summed E-state index contributed by atoms with van der Waals surface area (Å²) in [6, 6.07) is 6.65. The lowest BCUT2D eigenvalue weighted by atomic mass is 9.93. The van der Waals surface area contributed by atoms with Crippen LogP contribution in [0.4, 0.5) is 4.39 Å². The SMILES string of the molecule is O=C1CC[C@](CI)(Cc2ccccc2F)O1. The van der Waals surface area contributed by atoms with E-state index in [1.807, 2.05) is 0 Å². The Morgan fingerprint density at radius 3 is 2.75 bits per heavy atom. The van der Waals surface area contributed by atoms with Crippen LogP contribution in [0.2, 0.25) is 0 Å². The van der Waals surface area contributed by atoms with Gasteiger partial charge in [0.05, 0.1) is 0 Å². The number of carbonyl (C=O) groups is 1. The lowest BCUT2D eigenvalue weighted by molar-refractivity contribution is -0.146. The average Bonchev–Trinajstić information content (AvgIpc) is 2.65. The molecule has 2 nitrogen and oxygen atoms in total. The summed E-state index contributed by atoms with van der Waals surface area (Å²) >= 11 is 2.19. The van der Waals surface area contributed by atoms with Crippen molar-refractivity contribution in [3.05, 3.63) is 35.6 Å². The van der Waals surface area contributed by atoms with Crippen molar-refractivity contribution in [3.63, 3.8) is 0 Å². The van der Waals surface area contributed by atoms with E-state index in [0.717, 1.165) is 0 Å². The van der Waals surface area contributed by atoms with Crippen LogP contribution in [0.15, 0.2) is 24.3 Å². The third-order valence-corrected chi connectivity index (χ3v) is 4.22. The minimum absolute atomic E-state index is 0.173. The van der Waals surface area contributed by atoms with Crippen molar-refractivity contribution in [2.75, 3.05) is 4.43 Å². The molecule has 0 radical (unpaired) electrons. The second-order valence-electron chi connectivity index (χ2n) is 4.06. The van der Waals surface area contributed by atoms with Gasteiger partial charge in [0.25, 0.3) is 0 Å². The van der Waals surface area contributed by atoms with Gasteiger partial charge in [-0.2, -0.15) is 0 Å². The van der Waals surface area contributed by atoms with Crippen molar-refractivity contribution >= 4 is 28.6 Å². The van der Waals surface area contributed by atoms with Gasteiger partial charge in [0, 0.05) is 17.3 Å². The summed E-state index contributed by atoms with van der Waals surface area (Å²) in [6.07, 6.45) is 1.59.